The van der Waals surface area contributed by atoms with Crippen LogP contribution in [0.1, 0.15) is 13.8 Å². The SMILES string of the molecule is CC1(C)CN(CC(=O)Nc2ccccc2-c2ccccc2)CCO1. The van der Waals surface area contributed by atoms with Crippen LogP contribution < -0.4 is 5.32 Å². The molecule has 2 aromatic rings. The molecule has 0 unspecified atom stereocenters. The third kappa shape index (κ3) is 4.22. The number of carbonyl (C=O) groups is 1. The van der Waals surface area contributed by atoms with Crippen molar-refractivity contribution in [2.75, 3.05) is 31.6 Å². The van der Waals surface area contributed by atoms with Gasteiger partial charge in [0, 0.05) is 24.3 Å². The van der Waals surface area contributed by atoms with E-state index in [-0.39, 0.29) is 11.5 Å². The average Bonchev–Trinajstić information content (AvgIpc) is 2.55. The molecule has 2 aromatic carbocycles. The number of hydrogen-bond donors (Lipinski definition) is 1. The van der Waals surface area contributed by atoms with Crippen LogP contribution in [0, 0.1) is 0 Å². The van der Waals surface area contributed by atoms with Gasteiger partial charge in [-0.05, 0) is 25.5 Å². The Morgan fingerprint density at radius 2 is 1.83 bits per heavy atom. The van der Waals surface area contributed by atoms with Crippen LogP contribution in [0.4, 0.5) is 5.69 Å². The van der Waals surface area contributed by atoms with Crippen LogP contribution in [0.3, 0.4) is 0 Å². The molecule has 1 aliphatic rings. The molecule has 0 aliphatic carbocycles. The van der Waals surface area contributed by atoms with E-state index in [9.17, 15) is 4.79 Å². The van der Waals surface area contributed by atoms with Crippen molar-refractivity contribution >= 4 is 11.6 Å². The Bertz CT molecular complexity index is 698. The monoisotopic (exact) mass is 324 g/mol. The first-order valence-electron chi connectivity index (χ1n) is 8.34. The molecule has 1 heterocycles. The first-order chi connectivity index (χ1) is 11.5. The Morgan fingerprint density at radius 1 is 1.12 bits per heavy atom. The highest BCUT2D eigenvalue weighted by atomic mass is 16.5. The zero-order valence-corrected chi connectivity index (χ0v) is 14.3. The standard InChI is InChI=1S/C20H24N2O2/c1-20(2)15-22(12-13-24-20)14-19(23)21-18-11-7-6-10-17(18)16-8-4-3-5-9-16/h3-11H,12-15H2,1-2H3,(H,21,23). The van der Waals surface area contributed by atoms with E-state index in [4.69, 9.17) is 4.74 Å². The largest absolute Gasteiger partial charge is 0.373 e. The fraction of sp³-hybridized carbons (Fsp3) is 0.350. The summed E-state index contributed by atoms with van der Waals surface area (Å²) < 4.78 is 5.70. The van der Waals surface area contributed by atoms with Gasteiger partial charge in [-0.1, -0.05) is 48.5 Å². The van der Waals surface area contributed by atoms with Gasteiger partial charge in [0.15, 0.2) is 0 Å². The Balaban J connectivity index is 1.69. The number of amides is 1. The molecule has 1 amide bonds. The van der Waals surface area contributed by atoms with E-state index in [1.807, 2.05) is 42.5 Å². The zero-order chi connectivity index (χ0) is 17.0. The van der Waals surface area contributed by atoms with Crippen LogP contribution in [0.2, 0.25) is 0 Å². The molecule has 0 spiro atoms. The van der Waals surface area contributed by atoms with Gasteiger partial charge in [0.1, 0.15) is 0 Å². The second-order valence-corrected chi connectivity index (χ2v) is 6.78. The number of nitrogens with one attached hydrogen (secondary N) is 1. The molecule has 1 aliphatic heterocycles. The molecule has 0 saturated carbocycles. The van der Waals surface area contributed by atoms with Crippen molar-refractivity contribution in [2.24, 2.45) is 0 Å². The van der Waals surface area contributed by atoms with Crippen molar-refractivity contribution < 1.29 is 9.53 Å². The Kier molecular flexibility index (Phi) is 4.97. The number of anilines is 1. The van der Waals surface area contributed by atoms with Crippen LogP contribution >= 0.6 is 0 Å². The molecule has 1 saturated heterocycles. The lowest BCUT2D eigenvalue weighted by molar-refractivity contribution is -0.122. The van der Waals surface area contributed by atoms with Crippen LogP contribution in [0.15, 0.2) is 54.6 Å². The molecular formula is C20H24N2O2. The quantitative estimate of drug-likeness (QED) is 0.937. The van der Waals surface area contributed by atoms with Gasteiger partial charge in [-0.15, -0.1) is 0 Å². The summed E-state index contributed by atoms with van der Waals surface area (Å²) in [6.45, 7) is 6.72. The van der Waals surface area contributed by atoms with Crippen molar-refractivity contribution in [3.05, 3.63) is 54.6 Å². The first kappa shape index (κ1) is 16.7. The third-order valence-corrected chi connectivity index (χ3v) is 4.16. The number of hydrogen-bond acceptors (Lipinski definition) is 3. The van der Waals surface area contributed by atoms with Crippen molar-refractivity contribution in [3.63, 3.8) is 0 Å². The summed E-state index contributed by atoms with van der Waals surface area (Å²) in [5.74, 6) is 0.0103. The minimum absolute atomic E-state index is 0.0103. The number of benzene rings is 2. The van der Waals surface area contributed by atoms with E-state index in [1.165, 1.54) is 0 Å². The number of ether oxygens (including phenoxy) is 1. The van der Waals surface area contributed by atoms with Gasteiger partial charge in [0.2, 0.25) is 5.91 Å². The van der Waals surface area contributed by atoms with Crippen molar-refractivity contribution in [2.45, 2.75) is 19.4 Å². The predicted molar refractivity (Wildman–Crippen MR) is 97.0 cm³/mol. The number of carbonyl (C=O) groups excluding carboxylic acids is 1. The number of nitrogens with zero attached hydrogens (tertiary/aromatic N) is 1. The van der Waals surface area contributed by atoms with Crippen LogP contribution in [-0.2, 0) is 9.53 Å². The fourth-order valence-corrected chi connectivity index (χ4v) is 3.10. The smallest absolute Gasteiger partial charge is 0.238 e. The van der Waals surface area contributed by atoms with E-state index in [0.29, 0.717) is 13.2 Å². The zero-order valence-electron chi connectivity index (χ0n) is 14.3. The highest BCUT2D eigenvalue weighted by Crippen LogP contribution is 2.27. The molecule has 4 nitrogen and oxygen atoms in total. The van der Waals surface area contributed by atoms with E-state index < -0.39 is 0 Å². The van der Waals surface area contributed by atoms with Crippen molar-refractivity contribution in [1.29, 1.82) is 0 Å². The van der Waals surface area contributed by atoms with Gasteiger partial charge in [0.05, 0.1) is 18.8 Å². The maximum atomic E-state index is 12.5. The summed E-state index contributed by atoms with van der Waals surface area (Å²) >= 11 is 0. The van der Waals surface area contributed by atoms with Gasteiger partial charge >= 0.3 is 0 Å². The average molecular weight is 324 g/mol. The molecule has 0 atom stereocenters. The number of rotatable bonds is 4. The Morgan fingerprint density at radius 3 is 2.58 bits per heavy atom. The molecule has 1 N–H and O–H groups in total. The molecule has 24 heavy (non-hydrogen) atoms. The summed E-state index contributed by atoms with van der Waals surface area (Å²) in [4.78, 5) is 14.6. The molecule has 0 aromatic heterocycles. The topological polar surface area (TPSA) is 41.6 Å². The van der Waals surface area contributed by atoms with E-state index in [0.717, 1.165) is 29.9 Å². The van der Waals surface area contributed by atoms with Gasteiger partial charge < -0.3 is 10.1 Å². The molecule has 0 bridgehead atoms. The van der Waals surface area contributed by atoms with E-state index in [1.54, 1.807) is 0 Å². The van der Waals surface area contributed by atoms with Crippen LogP contribution in [0.25, 0.3) is 11.1 Å². The molecule has 0 radical (unpaired) electrons. The molecule has 3 rings (SSSR count). The minimum atomic E-state index is -0.194. The number of para-hydroxylation sites is 1. The second-order valence-electron chi connectivity index (χ2n) is 6.78. The van der Waals surface area contributed by atoms with Crippen molar-refractivity contribution in [3.8, 4) is 11.1 Å². The molecular weight excluding hydrogens is 300 g/mol. The highest BCUT2D eigenvalue weighted by molar-refractivity contribution is 5.96. The molecule has 126 valence electrons. The van der Waals surface area contributed by atoms with E-state index >= 15 is 0 Å². The summed E-state index contributed by atoms with van der Waals surface area (Å²) in [5, 5.41) is 3.06. The maximum absolute atomic E-state index is 12.5. The normalized spacial score (nSPS) is 17.4. The lowest BCUT2D eigenvalue weighted by Crippen LogP contribution is -2.50. The van der Waals surface area contributed by atoms with Gasteiger partial charge in [0.25, 0.3) is 0 Å². The first-order valence-corrected chi connectivity index (χ1v) is 8.34. The highest BCUT2D eigenvalue weighted by Gasteiger charge is 2.28. The second kappa shape index (κ2) is 7.16. The summed E-state index contributed by atoms with van der Waals surface area (Å²) in [6, 6.07) is 18.0. The van der Waals surface area contributed by atoms with E-state index in [2.05, 4.69) is 36.2 Å². The van der Waals surface area contributed by atoms with Gasteiger partial charge in [-0.3, -0.25) is 9.69 Å². The van der Waals surface area contributed by atoms with Gasteiger partial charge in [-0.2, -0.15) is 0 Å². The minimum Gasteiger partial charge on any atom is -0.373 e. The van der Waals surface area contributed by atoms with Gasteiger partial charge in [-0.25, -0.2) is 0 Å². The number of morpholine rings is 1. The fourth-order valence-electron chi connectivity index (χ4n) is 3.10. The molecule has 1 fully saturated rings. The third-order valence-electron chi connectivity index (χ3n) is 4.16. The van der Waals surface area contributed by atoms with Crippen molar-refractivity contribution in [1.82, 2.24) is 4.90 Å². The summed E-state index contributed by atoms with van der Waals surface area (Å²) in [6.07, 6.45) is 0. The van der Waals surface area contributed by atoms with Crippen LogP contribution in [0.5, 0.6) is 0 Å². The molecule has 4 heteroatoms. The predicted octanol–water partition coefficient (Wildman–Crippen LogP) is 3.40. The summed E-state index contributed by atoms with van der Waals surface area (Å²) in [7, 11) is 0. The Labute approximate surface area is 143 Å². The summed E-state index contributed by atoms with van der Waals surface area (Å²) in [5.41, 5.74) is 2.79. The Hall–Kier alpha value is -2.17. The lowest BCUT2D eigenvalue weighted by atomic mass is 10.0. The van der Waals surface area contributed by atoms with Crippen LogP contribution in [-0.4, -0.2) is 42.6 Å². The lowest BCUT2D eigenvalue weighted by Gasteiger charge is -2.37. The maximum Gasteiger partial charge on any atom is 0.238 e.